The molecule has 0 saturated heterocycles. The van der Waals surface area contributed by atoms with Crippen molar-refractivity contribution in [2.45, 2.75) is 6.42 Å². The van der Waals surface area contributed by atoms with Crippen LogP contribution in [0.15, 0.2) is 61.1 Å². The molecule has 1 aliphatic rings. The summed E-state index contributed by atoms with van der Waals surface area (Å²) in [6.45, 7) is 0.457. The Morgan fingerprint density at radius 1 is 1.08 bits per heavy atom. The second kappa shape index (κ2) is 5.85. The van der Waals surface area contributed by atoms with E-state index in [0.29, 0.717) is 35.5 Å². The zero-order valence-electron chi connectivity index (χ0n) is 12.8. The number of hydrogen-bond acceptors (Lipinski definition) is 3. The molecule has 0 atom stereocenters. The fourth-order valence-corrected chi connectivity index (χ4v) is 3.06. The highest BCUT2D eigenvalue weighted by molar-refractivity contribution is 6.10. The highest BCUT2D eigenvalue weighted by Gasteiger charge is 2.29. The van der Waals surface area contributed by atoms with E-state index in [2.05, 4.69) is 9.97 Å². The van der Waals surface area contributed by atoms with Crippen molar-refractivity contribution in [3.05, 3.63) is 78.0 Å². The fraction of sp³-hybridized carbons (Fsp3) is 0.105. The lowest BCUT2D eigenvalue weighted by molar-refractivity contribution is 0.0989. The molecule has 24 heavy (non-hydrogen) atoms. The molecule has 0 saturated carbocycles. The number of rotatable bonds is 2. The number of carbonyl (C=O) groups is 1. The van der Waals surface area contributed by atoms with E-state index in [-0.39, 0.29) is 11.7 Å². The Morgan fingerprint density at radius 2 is 1.92 bits per heavy atom. The number of nitrogens with zero attached hydrogens (tertiary/aromatic N) is 3. The van der Waals surface area contributed by atoms with E-state index in [9.17, 15) is 9.18 Å². The van der Waals surface area contributed by atoms with Crippen molar-refractivity contribution in [1.82, 2.24) is 9.97 Å². The lowest BCUT2D eigenvalue weighted by Gasteiger charge is -2.18. The van der Waals surface area contributed by atoms with Crippen LogP contribution in [0.1, 0.15) is 15.9 Å². The number of carbonyl (C=O) groups excluding carboxylic acids is 1. The largest absolute Gasteiger partial charge is 0.308 e. The zero-order valence-corrected chi connectivity index (χ0v) is 12.8. The van der Waals surface area contributed by atoms with Crippen molar-refractivity contribution < 1.29 is 9.18 Å². The number of hydrogen-bond donors (Lipinski definition) is 0. The summed E-state index contributed by atoms with van der Waals surface area (Å²) in [7, 11) is 0. The molecule has 1 aromatic heterocycles. The van der Waals surface area contributed by atoms with Crippen LogP contribution < -0.4 is 4.90 Å². The Morgan fingerprint density at radius 3 is 2.75 bits per heavy atom. The third-order valence-electron chi connectivity index (χ3n) is 4.21. The molecule has 0 unspecified atom stereocenters. The second-order valence-electron chi connectivity index (χ2n) is 5.60. The van der Waals surface area contributed by atoms with E-state index < -0.39 is 0 Å². The van der Waals surface area contributed by atoms with Gasteiger partial charge in [-0.05, 0) is 18.6 Å². The number of aromatic nitrogens is 2. The molecule has 0 bridgehead atoms. The predicted molar refractivity (Wildman–Crippen MR) is 89.2 cm³/mol. The summed E-state index contributed by atoms with van der Waals surface area (Å²) in [4.78, 5) is 22.9. The Balaban J connectivity index is 1.77. The molecule has 2 aromatic carbocycles. The van der Waals surface area contributed by atoms with Gasteiger partial charge < -0.3 is 4.90 Å². The second-order valence-corrected chi connectivity index (χ2v) is 5.60. The summed E-state index contributed by atoms with van der Waals surface area (Å²) in [6, 6.07) is 14.3. The van der Waals surface area contributed by atoms with Crippen molar-refractivity contribution in [3.63, 3.8) is 0 Å². The minimum absolute atomic E-state index is 0.209. The first kappa shape index (κ1) is 14.5. The molecule has 118 valence electrons. The standard InChI is InChI=1S/C19H14FN3O/c20-16-7-4-8-17-14(16)9-10-23(17)19(24)15-11-21-12-22-18(15)13-5-2-1-3-6-13/h1-8,11-12H,9-10H2. The van der Waals surface area contributed by atoms with Crippen molar-refractivity contribution in [3.8, 4) is 11.3 Å². The lowest BCUT2D eigenvalue weighted by atomic mass is 10.1. The third kappa shape index (κ3) is 2.34. The van der Waals surface area contributed by atoms with Gasteiger partial charge in [-0.15, -0.1) is 0 Å². The quantitative estimate of drug-likeness (QED) is 0.726. The van der Waals surface area contributed by atoms with E-state index in [1.54, 1.807) is 17.0 Å². The monoisotopic (exact) mass is 319 g/mol. The average Bonchev–Trinajstić information content (AvgIpc) is 3.07. The Hall–Kier alpha value is -3.08. The lowest BCUT2D eigenvalue weighted by Crippen LogP contribution is -2.29. The number of benzene rings is 2. The third-order valence-corrected chi connectivity index (χ3v) is 4.21. The van der Waals surface area contributed by atoms with Gasteiger partial charge >= 0.3 is 0 Å². The maximum atomic E-state index is 13.9. The predicted octanol–water partition coefficient (Wildman–Crippen LogP) is 3.49. The average molecular weight is 319 g/mol. The zero-order chi connectivity index (χ0) is 16.5. The van der Waals surface area contributed by atoms with Gasteiger partial charge in [-0.2, -0.15) is 0 Å². The molecule has 3 aromatic rings. The van der Waals surface area contributed by atoms with E-state index in [4.69, 9.17) is 0 Å². The summed E-state index contributed by atoms with van der Waals surface area (Å²) >= 11 is 0. The Kier molecular flexibility index (Phi) is 3.54. The van der Waals surface area contributed by atoms with Crippen LogP contribution in [0, 0.1) is 5.82 Å². The molecule has 2 heterocycles. The molecule has 1 aliphatic heterocycles. The smallest absolute Gasteiger partial charge is 0.262 e. The molecule has 0 spiro atoms. The van der Waals surface area contributed by atoms with Crippen LogP contribution in [0.2, 0.25) is 0 Å². The molecular weight excluding hydrogens is 305 g/mol. The molecule has 0 N–H and O–H groups in total. The highest BCUT2D eigenvalue weighted by atomic mass is 19.1. The molecule has 5 heteroatoms. The Labute approximate surface area is 138 Å². The van der Waals surface area contributed by atoms with Crippen molar-refractivity contribution >= 4 is 11.6 Å². The summed E-state index contributed by atoms with van der Waals surface area (Å²) in [5.74, 6) is -0.478. The molecule has 1 amide bonds. The van der Waals surface area contributed by atoms with Gasteiger partial charge in [0.2, 0.25) is 0 Å². The number of fused-ring (bicyclic) bond motifs is 1. The molecule has 0 radical (unpaired) electrons. The Bertz CT molecular complexity index is 911. The molecule has 0 aliphatic carbocycles. The van der Waals surface area contributed by atoms with E-state index in [1.807, 2.05) is 30.3 Å². The minimum atomic E-state index is -0.268. The van der Waals surface area contributed by atoms with Gasteiger partial charge in [0.15, 0.2) is 0 Å². The summed E-state index contributed by atoms with van der Waals surface area (Å²) in [5.41, 5.74) is 3.06. The summed E-state index contributed by atoms with van der Waals surface area (Å²) in [5, 5.41) is 0. The van der Waals surface area contributed by atoms with Crippen LogP contribution in [0.5, 0.6) is 0 Å². The highest BCUT2D eigenvalue weighted by Crippen LogP contribution is 2.32. The fourth-order valence-electron chi connectivity index (χ4n) is 3.06. The first-order valence-corrected chi connectivity index (χ1v) is 7.70. The van der Waals surface area contributed by atoms with Gasteiger partial charge in [-0.1, -0.05) is 36.4 Å². The van der Waals surface area contributed by atoms with Gasteiger partial charge in [0.25, 0.3) is 5.91 Å². The van der Waals surface area contributed by atoms with Crippen LogP contribution in [-0.2, 0) is 6.42 Å². The van der Waals surface area contributed by atoms with Crippen LogP contribution in [0.4, 0.5) is 10.1 Å². The van der Waals surface area contributed by atoms with Gasteiger partial charge in [0.1, 0.15) is 12.1 Å². The minimum Gasteiger partial charge on any atom is -0.308 e. The van der Waals surface area contributed by atoms with Crippen molar-refractivity contribution in [2.75, 3.05) is 11.4 Å². The SMILES string of the molecule is O=C(c1cncnc1-c1ccccc1)N1CCc2c(F)cccc21. The number of halogens is 1. The molecule has 4 nitrogen and oxygen atoms in total. The van der Waals surface area contributed by atoms with Crippen LogP contribution in [-0.4, -0.2) is 22.4 Å². The van der Waals surface area contributed by atoms with Crippen LogP contribution in [0.3, 0.4) is 0 Å². The first-order chi connectivity index (χ1) is 11.8. The topological polar surface area (TPSA) is 46.1 Å². The molecule has 0 fully saturated rings. The number of anilines is 1. The summed E-state index contributed by atoms with van der Waals surface area (Å²) < 4.78 is 13.9. The maximum Gasteiger partial charge on any atom is 0.262 e. The van der Waals surface area contributed by atoms with E-state index >= 15 is 0 Å². The van der Waals surface area contributed by atoms with Gasteiger partial charge in [-0.25, -0.2) is 14.4 Å². The first-order valence-electron chi connectivity index (χ1n) is 7.70. The summed E-state index contributed by atoms with van der Waals surface area (Å²) in [6.07, 6.45) is 3.47. The van der Waals surface area contributed by atoms with Crippen molar-refractivity contribution in [2.24, 2.45) is 0 Å². The van der Waals surface area contributed by atoms with Gasteiger partial charge in [0.05, 0.1) is 16.9 Å². The molecule has 4 rings (SSSR count). The normalized spacial score (nSPS) is 13.0. The maximum absolute atomic E-state index is 13.9. The van der Waals surface area contributed by atoms with Gasteiger partial charge in [-0.3, -0.25) is 4.79 Å². The van der Waals surface area contributed by atoms with Crippen LogP contribution >= 0.6 is 0 Å². The van der Waals surface area contributed by atoms with Gasteiger partial charge in [0, 0.05) is 23.9 Å². The molecular formula is C19H14FN3O. The van der Waals surface area contributed by atoms with Crippen LogP contribution in [0.25, 0.3) is 11.3 Å². The van der Waals surface area contributed by atoms with E-state index in [0.717, 1.165) is 5.56 Å². The number of amides is 1. The van der Waals surface area contributed by atoms with Crippen molar-refractivity contribution in [1.29, 1.82) is 0 Å². The van der Waals surface area contributed by atoms with E-state index in [1.165, 1.54) is 18.6 Å².